The van der Waals surface area contributed by atoms with Crippen LogP contribution < -0.4 is 0 Å². The van der Waals surface area contributed by atoms with Gasteiger partial charge in [0.05, 0.1) is 11.0 Å². The Morgan fingerprint density at radius 3 is 0.728 bits per heavy atom. The van der Waals surface area contributed by atoms with Crippen molar-refractivity contribution in [2.75, 3.05) is 0 Å². The Morgan fingerprint density at radius 1 is 0.185 bits per heavy atom. The van der Waals surface area contributed by atoms with Gasteiger partial charge in [-0.15, -0.1) is 0 Å². The minimum atomic E-state index is 1.11. The Hall–Kier alpha value is -10.3. The zero-order valence-electron chi connectivity index (χ0n) is 45.4. The summed E-state index contributed by atoms with van der Waals surface area (Å²) in [5, 5.41) is 2.45. The van der Waals surface area contributed by atoms with Gasteiger partial charge in [0.15, 0.2) is 0 Å². The molecule has 1 heterocycles. The van der Waals surface area contributed by atoms with Crippen molar-refractivity contribution in [3.63, 3.8) is 0 Å². The number of aryl methyl sites for hydroxylation is 2. The fourth-order valence-electron chi connectivity index (χ4n) is 12.4. The van der Waals surface area contributed by atoms with E-state index in [4.69, 9.17) is 0 Å². The molecule has 14 aromatic rings. The van der Waals surface area contributed by atoms with E-state index in [1.165, 1.54) is 144 Å². The van der Waals surface area contributed by atoms with Crippen LogP contribution in [0.3, 0.4) is 0 Å². The van der Waals surface area contributed by atoms with Crippen molar-refractivity contribution in [3.05, 3.63) is 321 Å². The molecule has 0 aliphatic rings. The van der Waals surface area contributed by atoms with Crippen LogP contribution in [-0.4, -0.2) is 4.57 Å². The third-order valence-corrected chi connectivity index (χ3v) is 16.0. The molecule has 382 valence electrons. The van der Waals surface area contributed by atoms with Gasteiger partial charge < -0.3 is 4.57 Å². The lowest BCUT2D eigenvalue weighted by Gasteiger charge is -2.19. The molecule has 0 spiro atoms. The summed E-state index contributed by atoms with van der Waals surface area (Å²) in [4.78, 5) is 0. The molecular formula is C80H57N. The van der Waals surface area contributed by atoms with E-state index in [1.54, 1.807) is 0 Å². The monoisotopic (exact) mass is 1030 g/mol. The van der Waals surface area contributed by atoms with Gasteiger partial charge in [-0.05, 0) is 198 Å². The zero-order chi connectivity index (χ0) is 54.2. The summed E-state index contributed by atoms with van der Waals surface area (Å²) >= 11 is 0. The van der Waals surface area contributed by atoms with Crippen LogP contribution >= 0.6 is 0 Å². The van der Waals surface area contributed by atoms with Crippen LogP contribution in [0.4, 0.5) is 0 Å². The molecule has 14 rings (SSSR count). The van der Waals surface area contributed by atoms with Crippen molar-refractivity contribution in [1.29, 1.82) is 0 Å². The van der Waals surface area contributed by atoms with Crippen molar-refractivity contribution >= 4 is 21.8 Å². The van der Waals surface area contributed by atoms with E-state index < -0.39 is 0 Å². The van der Waals surface area contributed by atoms with Crippen LogP contribution in [0.1, 0.15) is 11.1 Å². The summed E-state index contributed by atoms with van der Waals surface area (Å²) in [7, 11) is 0. The maximum atomic E-state index is 2.56. The molecule has 0 amide bonds. The van der Waals surface area contributed by atoms with Crippen LogP contribution in [0, 0.1) is 13.8 Å². The first kappa shape index (κ1) is 49.0. The summed E-state index contributed by atoms with van der Waals surface area (Å²) in [6, 6.07) is 114. The number of nitrogens with zero attached hydrogens (tertiary/aromatic N) is 1. The fourth-order valence-corrected chi connectivity index (χ4v) is 12.4. The van der Waals surface area contributed by atoms with Gasteiger partial charge in [-0.25, -0.2) is 0 Å². The number of hydrogen-bond acceptors (Lipinski definition) is 0. The van der Waals surface area contributed by atoms with Gasteiger partial charge in [-0.3, -0.25) is 0 Å². The van der Waals surface area contributed by atoms with Gasteiger partial charge in [0.25, 0.3) is 0 Å². The van der Waals surface area contributed by atoms with E-state index in [0.29, 0.717) is 0 Å². The van der Waals surface area contributed by atoms with Crippen molar-refractivity contribution in [3.8, 4) is 117 Å². The Labute approximate surface area is 475 Å². The largest absolute Gasteiger partial charge is 0.308 e. The number of rotatable bonds is 11. The minimum Gasteiger partial charge on any atom is -0.308 e. The normalized spacial score (nSPS) is 11.3. The average Bonchev–Trinajstić information content (AvgIpc) is 4.13. The molecule has 0 unspecified atom stereocenters. The maximum absolute atomic E-state index is 2.56. The van der Waals surface area contributed by atoms with Crippen LogP contribution in [0.2, 0.25) is 0 Å². The topological polar surface area (TPSA) is 4.93 Å². The standard InChI is InChI=1S/C80H57N/c1-54-44-75(73-42-24-22-40-71(73)69-38-20-18-36-67(69)64-50-60(56-26-8-3-9-27-56)48-61(51-64)57-28-10-4-11-29-57)79-77(46-54)78-47-55(2)45-76(80(78)81(79)66-34-16-7-17-35-66)74-43-25-23-41-72(74)70-39-21-19-37-68(70)65-52-62(58-30-12-5-13-31-58)49-63(53-65)59-32-14-6-15-33-59/h3-53H,1-2H3. The molecule has 1 heteroatoms. The molecule has 0 saturated carbocycles. The van der Waals surface area contributed by atoms with E-state index in [1.807, 2.05) is 0 Å². The number of benzene rings is 13. The van der Waals surface area contributed by atoms with Gasteiger partial charge in [-0.2, -0.15) is 0 Å². The van der Waals surface area contributed by atoms with Crippen LogP contribution in [-0.2, 0) is 0 Å². The lowest BCUT2D eigenvalue weighted by atomic mass is 9.86. The van der Waals surface area contributed by atoms with E-state index in [2.05, 4.69) is 328 Å². The lowest BCUT2D eigenvalue weighted by Crippen LogP contribution is -1.99. The number of hydrogen-bond donors (Lipinski definition) is 0. The molecule has 1 nitrogen and oxygen atoms in total. The molecule has 0 radical (unpaired) electrons. The zero-order valence-corrected chi connectivity index (χ0v) is 45.4. The van der Waals surface area contributed by atoms with E-state index >= 15 is 0 Å². The number of fused-ring (bicyclic) bond motifs is 3. The van der Waals surface area contributed by atoms with Gasteiger partial charge in [-0.1, -0.05) is 237 Å². The molecule has 1 aromatic heterocycles. The second-order valence-electron chi connectivity index (χ2n) is 21.3. The number of para-hydroxylation sites is 1. The second kappa shape index (κ2) is 21.1. The summed E-state index contributed by atoms with van der Waals surface area (Å²) in [6.45, 7) is 4.51. The van der Waals surface area contributed by atoms with Gasteiger partial charge in [0.1, 0.15) is 0 Å². The first-order chi connectivity index (χ1) is 40.0. The maximum Gasteiger partial charge on any atom is 0.0620 e. The highest BCUT2D eigenvalue weighted by molar-refractivity contribution is 6.19. The third kappa shape index (κ3) is 9.25. The van der Waals surface area contributed by atoms with Crippen molar-refractivity contribution < 1.29 is 0 Å². The third-order valence-electron chi connectivity index (χ3n) is 16.0. The highest BCUT2D eigenvalue weighted by Crippen LogP contribution is 2.49. The summed E-state index contributed by atoms with van der Waals surface area (Å²) in [5.41, 5.74) is 29.6. The molecule has 0 saturated heterocycles. The Morgan fingerprint density at radius 2 is 0.420 bits per heavy atom. The Kier molecular flexibility index (Phi) is 12.8. The van der Waals surface area contributed by atoms with Gasteiger partial charge >= 0.3 is 0 Å². The molecule has 0 fully saturated rings. The molecule has 0 N–H and O–H groups in total. The van der Waals surface area contributed by atoms with Crippen molar-refractivity contribution in [2.45, 2.75) is 13.8 Å². The average molecular weight is 1030 g/mol. The SMILES string of the molecule is Cc1cc(-c2ccccc2-c2ccccc2-c2cc(-c3ccccc3)cc(-c3ccccc3)c2)c2c(c1)c1cc(C)cc(-c3ccccc3-c3ccccc3-c3cc(-c4ccccc4)cc(-c4ccccc4)c3)c1n2-c1ccccc1. The van der Waals surface area contributed by atoms with E-state index in [0.717, 1.165) is 5.69 Å². The highest BCUT2D eigenvalue weighted by atomic mass is 15.0. The van der Waals surface area contributed by atoms with Crippen LogP contribution in [0.25, 0.3) is 139 Å². The quantitative estimate of drug-likeness (QED) is 0.122. The second-order valence-corrected chi connectivity index (χ2v) is 21.3. The molecule has 0 aliphatic heterocycles. The Bertz CT molecular complexity index is 4220. The fraction of sp³-hybridized carbons (Fsp3) is 0.0250. The molecule has 13 aromatic carbocycles. The number of aromatic nitrogens is 1. The van der Waals surface area contributed by atoms with E-state index in [9.17, 15) is 0 Å². The van der Waals surface area contributed by atoms with Crippen LogP contribution in [0.15, 0.2) is 309 Å². The molecular weight excluding hydrogens is 975 g/mol. The summed E-state index contributed by atoms with van der Waals surface area (Å²) < 4.78 is 2.56. The summed E-state index contributed by atoms with van der Waals surface area (Å²) in [6.07, 6.45) is 0. The first-order valence-electron chi connectivity index (χ1n) is 28.1. The smallest absolute Gasteiger partial charge is 0.0620 e. The van der Waals surface area contributed by atoms with Crippen molar-refractivity contribution in [1.82, 2.24) is 4.57 Å². The lowest BCUT2D eigenvalue weighted by molar-refractivity contribution is 1.18. The highest BCUT2D eigenvalue weighted by Gasteiger charge is 2.25. The van der Waals surface area contributed by atoms with Gasteiger partial charge in [0, 0.05) is 27.6 Å². The molecule has 0 bridgehead atoms. The Balaban J connectivity index is 0.989. The minimum absolute atomic E-state index is 1.11. The summed E-state index contributed by atoms with van der Waals surface area (Å²) in [5.74, 6) is 0. The predicted molar refractivity (Wildman–Crippen MR) is 345 cm³/mol. The van der Waals surface area contributed by atoms with Crippen molar-refractivity contribution in [2.24, 2.45) is 0 Å². The van der Waals surface area contributed by atoms with Gasteiger partial charge in [0.2, 0.25) is 0 Å². The van der Waals surface area contributed by atoms with E-state index in [-0.39, 0.29) is 0 Å². The molecule has 81 heavy (non-hydrogen) atoms. The predicted octanol–water partition coefficient (Wildman–Crippen LogP) is 22.1. The molecule has 0 aliphatic carbocycles. The molecule has 0 atom stereocenters. The van der Waals surface area contributed by atoms with Crippen LogP contribution in [0.5, 0.6) is 0 Å². The first-order valence-corrected chi connectivity index (χ1v) is 28.1.